The maximum atomic E-state index is 9.63. The minimum Gasteiger partial charge on any atom is -1.00 e. The van der Waals surface area contributed by atoms with E-state index in [9.17, 15) is 9.13 Å². The van der Waals surface area contributed by atoms with Gasteiger partial charge in [-0.3, -0.25) is 0 Å². The molecule has 0 bridgehead atoms. The molecule has 0 aromatic carbocycles. The van der Waals surface area contributed by atoms with E-state index >= 15 is 0 Å². The van der Waals surface area contributed by atoms with Crippen LogP contribution >= 0.6 is 15.6 Å². The van der Waals surface area contributed by atoms with Crippen LogP contribution in [-0.4, -0.2) is 19.6 Å². The second-order valence-corrected chi connectivity index (χ2v) is 3.68. The van der Waals surface area contributed by atoms with E-state index in [1.807, 2.05) is 0 Å². The molecule has 0 spiro atoms. The van der Waals surface area contributed by atoms with Crippen molar-refractivity contribution in [2.24, 2.45) is 0 Å². The van der Waals surface area contributed by atoms with E-state index in [0.29, 0.717) is 0 Å². The largest absolute Gasteiger partial charge is 1.00 e. The summed E-state index contributed by atoms with van der Waals surface area (Å²) >= 11 is 0. The normalized spacial score (nSPS) is 11.3. The molecule has 1 radical (unpaired) electrons. The predicted molar refractivity (Wildman–Crippen MR) is 26.3 cm³/mol. The average Bonchev–Trinajstić information content (AvgIpc) is 1.14. The standard InChI is InChI=1S/Co.Li.H4O7P2.H/c;;1-8(2,3)7-9(4,5)6;/h;;(H2,1,2,3)(H2,4,5,6);/q;+1;;-1. The first kappa shape index (κ1) is 18.2. The van der Waals surface area contributed by atoms with Gasteiger partial charge in [-0.2, -0.15) is 4.31 Å². The molecule has 11 heavy (non-hydrogen) atoms. The molecule has 0 unspecified atom stereocenters. The third-order valence-corrected chi connectivity index (χ3v) is 1.91. The van der Waals surface area contributed by atoms with Gasteiger partial charge in [0.05, 0.1) is 0 Å². The monoisotopic (exact) mass is 245 g/mol. The van der Waals surface area contributed by atoms with Crippen LogP contribution in [0.4, 0.5) is 0 Å². The van der Waals surface area contributed by atoms with Crippen molar-refractivity contribution in [3.63, 3.8) is 0 Å². The summed E-state index contributed by atoms with van der Waals surface area (Å²) in [6, 6.07) is 0. The fourth-order valence-electron chi connectivity index (χ4n) is 0.139. The van der Waals surface area contributed by atoms with Gasteiger partial charge in [0.1, 0.15) is 0 Å². The zero-order valence-corrected chi connectivity index (χ0v) is 8.07. The molecule has 11 heteroatoms. The van der Waals surface area contributed by atoms with E-state index in [0.717, 1.165) is 0 Å². The van der Waals surface area contributed by atoms with E-state index in [1.54, 1.807) is 0 Å². The molecule has 0 heterocycles. The predicted octanol–water partition coefficient (Wildman–Crippen LogP) is -3.70. The van der Waals surface area contributed by atoms with Crippen molar-refractivity contribution < 1.29 is 70.1 Å². The average molecular weight is 245 g/mol. The van der Waals surface area contributed by atoms with Crippen LogP contribution in [0.5, 0.6) is 0 Å². The Morgan fingerprint density at radius 3 is 1.18 bits per heavy atom. The van der Waals surface area contributed by atoms with Crippen LogP contribution in [0.25, 0.3) is 0 Å². The first-order valence-electron chi connectivity index (χ1n) is 1.53. The van der Waals surface area contributed by atoms with Crippen LogP contribution in [0, 0.1) is 0 Å². The van der Waals surface area contributed by atoms with E-state index in [1.165, 1.54) is 0 Å². The van der Waals surface area contributed by atoms with Crippen LogP contribution in [0.3, 0.4) is 0 Å². The minimum atomic E-state index is -5.05. The number of rotatable bonds is 2. The quantitative estimate of drug-likeness (QED) is 0.291. The molecule has 0 aromatic rings. The maximum absolute atomic E-state index is 9.63. The van der Waals surface area contributed by atoms with Gasteiger partial charge < -0.3 is 21.0 Å². The summed E-state index contributed by atoms with van der Waals surface area (Å²) in [5.74, 6) is 0. The molecule has 0 aliphatic carbocycles. The molecule has 0 rings (SSSR count). The smallest absolute Gasteiger partial charge is 1.00 e. The van der Waals surface area contributed by atoms with Crippen molar-refractivity contribution in [1.82, 2.24) is 0 Å². The van der Waals surface area contributed by atoms with Crippen LogP contribution in [0.2, 0.25) is 0 Å². The molecular weight excluding hydrogens is 240 g/mol. The van der Waals surface area contributed by atoms with Crippen LogP contribution in [-0.2, 0) is 30.2 Å². The number of hydrogen-bond donors (Lipinski definition) is 4. The summed E-state index contributed by atoms with van der Waals surface area (Å²) in [6.45, 7) is 0. The molecule has 0 amide bonds. The summed E-state index contributed by atoms with van der Waals surface area (Å²) in [5.41, 5.74) is 0. The van der Waals surface area contributed by atoms with Gasteiger partial charge in [-0.25, -0.2) is 9.13 Å². The zero-order chi connectivity index (χ0) is 7.71. The van der Waals surface area contributed by atoms with Gasteiger partial charge in [0, 0.05) is 16.8 Å². The SMILES string of the molecule is O=P(O)(O)OP(=O)(O)O.[Co].[H-].[Li+]. The first-order chi connectivity index (χ1) is 3.71. The number of phosphoric acid groups is 2. The molecular formula is H5CoLiO7P2. The third-order valence-electron chi connectivity index (χ3n) is 0.213. The molecule has 0 aliphatic heterocycles. The van der Waals surface area contributed by atoms with Gasteiger partial charge in [0.25, 0.3) is 0 Å². The van der Waals surface area contributed by atoms with Gasteiger partial charge in [-0.05, 0) is 0 Å². The number of hydrogen-bond acceptors (Lipinski definition) is 3. The van der Waals surface area contributed by atoms with Crippen LogP contribution in [0.1, 0.15) is 1.43 Å². The van der Waals surface area contributed by atoms with E-state index in [2.05, 4.69) is 4.31 Å². The van der Waals surface area contributed by atoms with Gasteiger partial charge in [0.2, 0.25) is 0 Å². The zero-order valence-electron chi connectivity index (χ0n) is 6.24. The van der Waals surface area contributed by atoms with Crippen molar-refractivity contribution in [2.45, 2.75) is 0 Å². The van der Waals surface area contributed by atoms with Crippen molar-refractivity contribution >= 4 is 15.6 Å². The Kier molecular flexibility index (Phi) is 9.79. The Bertz CT molecular complexity index is 162. The summed E-state index contributed by atoms with van der Waals surface area (Å²) in [6.07, 6.45) is 0. The molecule has 0 fully saturated rings. The topological polar surface area (TPSA) is 124 Å². The fourth-order valence-corrected chi connectivity index (χ4v) is 1.25. The van der Waals surface area contributed by atoms with Crippen molar-refractivity contribution in [3.05, 3.63) is 0 Å². The Morgan fingerprint density at radius 2 is 1.18 bits per heavy atom. The second-order valence-electron chi connectivity index (χ2n) is 1.06. The molecule has 4 N–H and O–H groups in total. The summed E-state index contributed by atoms with van der Waals surface area (Å²) in [7, 11) is -10.1. The van der Waals surface area contributed by atoms with Crippen LogP contribution < -0.4 is 18.9 Å². The Labute approximate surface area is 85.9 Å². The van der Waals surface area contributed by atoms with Gasteiger partial charge >= 0.3 is 34.5 Å². The van der Waals surface area contributed by atoms with Gasteiger partial charge in [-0.1, -0.05) is 0 Å². The Balaban J connectivity index is -0.000000107. The molecule has 0 atom stereocenters. The molecule has 0 saturated heterocycles. The maximum Gasteiger partial charge on any atom is 1.00 e. The Hall–Kier alpha value is 1.36. The fraction of sp³-hybridized carbons (Fsp3) is 0. The third kappa shape index (κ3) is 18.4. The minimum absolute atomic E-state index is 0. The molecule has 67 valence electrons. The molecule has 0 aromatic heterocycles. The van der Waals surface area contributed by atoms with Gasteiger partial charge in [0.15, 0.2) is 0 Å². The Morgan fingerprint density at radius 1 is 1.00 bits per heavy atom. The summed E-state index contributed by atoms with van der Waals surface area (Å²) in [5, 5.41) is 0. The van der Waals surface area contributed by atoms with Crippen molar-refractivity contribution in [2.75, 3.05) is 0 Å². The molecule has 0 saturated carbocycles. The van der Waals surface area contributed by atoms with E-state index < -0.39 is 15.6 Å². The van der Waals surface area contributed by atoms with Crippen molar-refractivity contribution in [3.8, 4) is 0 Å². The summed E-state index contributed by atoms with van der Waals surface area (Å²) in [4.78, 5) is 31.0. The second kappa shape index (κ2) is 5.92. The molecule has 7 nitrogen and oxygen atoms in total. The summed E-state index contributed by atoms with van der Waals surface area (Å²) < 4.78 is 22.2. The van der Waals surface area contributed by atoms with Gasteiger partial charge in [-0.15, -0.1) is 0 Å². The van der Waals surface area contributed by atoms with Crippen molar-refractivity contribution in [1.29, 1.82) is 0 Å². The molecule has 0 aliphatic rings. The van der Waals surface area contributed by atoms with E-state index in [4.69, 9.17) is 19.6 Å². The first-order valence-corrected chi connectivity index (χ1v) is 4.59. The van der Waals surface area contributed by atoms with E-state index in [-0.39, 0.29) is 37.1 Å². The van der Waals surface area contributed by atoms with Crippen LogP contribution in [0.15, 0.2) is 0 Å².